The van der Waals surface area contributed by atoms with E-state index >= 15 is 0 Å². The second-order valence-corrected chi connectivity index (χ2v) is 8.31. The smallest absolute Gasteiger partial charge is 0.243 e. The summed E-state index contributed by atoms with van der Waals surface area (Å²) in [7, 11) is 0. The normalized spacial score (nSPS) is 18.2. The number of carbonyl (C=O) groups excluding carboxylic acids is 1. The van der Waals surface area contributed by atoms with Crippen LogP contribution in [0.25, 0.3) is 0 Å². The van der Waals surface area contributed by atoms with E-state index in [1.807, 2.05) is 6.07 Å². The minimum Gasteiger partial charge on any atom is -0.472 e. The molecule has 4 rings (SSSR count). The summed E-state index contributed by atoms with van der Waals surface area (Å²) in [6.07, 6.45) is 11.3. The molecule has 1 aromatic heterocycles. The Kier molecular flexibility index (Phi) is 6.18. The van der Waals surface area contributed by atoms with Crippen molar-refractivity contribution in [2.24, 2.45) is 5.92 Å². The van der Waals surface area contributed by atoms with Gasteiger partial charge in [-0.1, -0.05) is 66.7 Å². The van der Waals surface area contributed by atoms with Crippen molar-refractivity contribution in [3.05, 3.63) is 108 Å². The summed E-state index contributed by atoms with van der Waals surface area (Å²) in [5.41, 5.74) is 3.83. The molecule has 1 saturated carbocycles. The number of carbonyl (C=O) groups is 1. The van der Waals surface area contributed by atoms with Gasteiger partial charge in [-0.15, -0.1) is 0 Å². The standard InChI is InChI=1S/C27H29NO2/c1-21(9-8-10-22-17-18-30-20-22)28-26(29)16-15-25-19-27(25,23-11-4-2-5-12-23)24-13-6-3-7-14-24/h2-7,11-18,20-21,25H,8-10,19H2,1H3,(H,28,29)/t21-,25-/m0/s1. The zero-order valence-corrected chi connectivity index (χ0v) is 17.5. The van der Waals surface area contributed by atoms with Crippen LogP contribution in [0.2, 0.25) is 0 Å². The minimum absolute atomic E-state index is 0.00673. The quantitative estimate of drug-likeness (QED) is 0.471. The Hall–Kier alpha value is -3.07. The van der Waals surface area contributed by atoms with Gasteiger partial charge in [0.1, 0.15) is 0 Å². The Morgan fingerprint density at radius 2 is 1.77 bits per heavy atom. The predicted molar refractivity (Wildman–Crippen MR) is 120 cm³/mol. The van der Waals surface area contributed by atoms with Crippen LogP contribution < -0.4 is 5.32 Å². The number of aryl methyl sites for hydroxylation is 1. The first-order chi connectivity index (χ1) is 14.7. The van der Waals surface area contributed by atoms with Crippen molar-refractivity contribution in [3.8, 4) is 0 Å². The number of hydrogen-bond donors (Lipinski definition) is 1. The molecule has 0 bridgehead atoms. The minimum atomic E-state index is -0.0183. The molecule has 3 nitrogen and oxygen atoms in total. The first kappa shape index (κ1) is 20.2. The maximum Gasteiger partial charge on any atom is 0.243 e. The van der Waals surface area contributed by atoms with Crippen molar-refractivity contribution in [3.63, 3.8) is 0 Å². The zero-order valence-electron chi connectivity index (χ0n) is 17.5. The Morgan fingerprint density at radius 3 is 2.37 bits per heavy atom. The van der Waals surface area contributed by atoms with Gasteiger partial charge < -0.3 is 9.73 Å². The fraction of sp³-hybridized carbons (Fsp3) is 0.296. The number of allylic oxidation sites excluding steroid dienone is 1. The lowest BCUT2D eigenvalue weighted by molar-refractivity contribution is -0.117. The van der Waals surface area contributed by atoms with Gasteiger partial charge in [-0.25, -0.2) is 0 Å². The molecule has 0 spiro atoms. The molecule has 1 N–H and O–H groups in total. The number of rotatable bonds is 9. The molecule has 2 atom stereocenters. The average Bonchev–Trinajstić information content (AvgIpc) is 3.29. The lowest BCUT2D eigenvalue weighted by Gasteiger charge is -2.18. The Labute approximate surface area is 178 Å². The average molecular weight is 400 g/mol. The molecule has 0 aliphatic heterocycles. The highest BCUT2D eigenvalue weighted by molar-refractivity contribution is 5.87. The molecule has 30 heavy (non-hydrogen) atoms. The molecule has 1 amide bonds. The fourth-order valence-corrected chi connectivity index (χ4v) is 4.44. The summed E-state index contributed by atoms with van der Waals surface area (Å²) in [6, 6.07) is 23.4. The topological polar surface area (TPSA) is 42.2 Å². The summed E-state index contributed by atoms with van der Waals surface area (Å²) < 4.78 is 5.10. The summed E-state index contributed by atoms with van der Waals surface area (Å²) in [5.74, 6) is 0.331. The van der Waals surface area contributed by atoms with Gasteiger partial charge >= 0.3 is 0 Å². The van der Waals surface area contributed by atoms with E-state index < -0.39 is 0 Å². The van der Waals surface area contributed by atoms with E-state index in [-0.39, 0.29) is 17.4 Å². The summed E-state index contributed by atoms with van der Waals surface area (Å²) >= 11 is 0. The largest absolute Gasteiger partial charge is 0.472 e. The molecule has 3 heteroatoms. The van der Waals surface area contributed by atoms with Crippen LogP contribution in [0.1, 0.15) is 42.9 Å². The number of amides is 1. The van der Waals surface area contributed by atoms with Crippen molar-refractivity contribution in [2.75, 3.05) is 0 Å². The van der Waals surface area contributed by atoms with Crippen LogP contribution in [0.3, 0.4) is 0 Å². The predicted octanol–water partition coefficient (Wildman–Crippen LogP) is 5.67. The number of hydrogen-bond acceptors (Lipinski definition) is 2. The summed E-state index contributed by atoms with van der Waals surface area (Å²) in [6.45, 7) is 2.07. The Morgan fingerprint density at radius 1 is 1.10 bits per heavy atom. The second-order valence-electron chi connectivity index (χ2n) is 8.31. The van der Waals surface area contributed by atoms with Gasteiger partial charge in [0.2, 0.25) is 5.91 Å². The van der Waals surface area contributed by atoms with Gasteiger partial charge in [0, 0.05) is 11.5 Å². The molecule has 154 valence electrons. The van der Waals surface area contributed by atoms with E-state index in [1.165, 1.54) is 16.7 Å². The van der Waals surface area contributed by atoms with E-state index in [4.69, 9.17) is 4.42 Å². The van der Waals surface area contributed by atoms with Crippen LogP contribution in [0.15, 0.2) is 95.8 Å². The lowest BCUT2D eigenvalue weighted by Crippen LogP contribution is -2.31. The van der Waals surface area contributed by atoms with Crippen molar-refractivity contribution in [1.29, 1.82) is 0 Å². The van der Waals surface area contributed by atoms with Crippen LogP contribution in [0, 0.1) is 5.92 Å². The van der Waals surface area contributed by atoms with Crippen LogP contribution in [-0.4, -0.2) is 11.9 Å². The van der Waals surface area contributed by atoms with E-state index in [0.717, 1.165) is 25.7 Å². The monoisotopic (exact) mass is 399 g/mol. The van der Waals surface area contributed by atoms with E-state index in [2.05, 4.69) is 79.0 Å². The third-order valence-electron chi connectivity index (χ3n) is 6.14. The highest BCUT2D eigenvalue weighted by atomic mass is 16.3. The van der Waals surface area contributed by atoms with Gasteiger partial charge in [0.05, 0.1) is 12.5 Å². The van der Waals surface area contributed by atoms with E-state index in [9.17, 15) is 4.79 Å². The van der Waals surface area contributed by atoms with E-state index in [1.54, 1.807) is 18.6 Å². The third-order valence-corrected chi connectivity index (χ3v) is 6.14. The summed E-state index contributed by atoms with van der Waals surface area (Å²) in [4.78, 5) is 12.4. The molecule has 0 radical (unpaired) electrons. The van der Waals surface area contributed by atoms with Crippen LogP contribution in [-0.2, 0) is 16.6 Å². The van der Waals surface area contributed by atoms with Crippen LogP contribution in [0.4, 0.5) is 0 Å². The van der Waals surface area contributed by atoms with Gasteiger partial charge in [0.25, 0.3) is 0 Å². The number of benzene rings is 2. The molecule has 0 unspecified atom stereocenters. The first-order valence-corrected chi connectivity index (χ1v) is 10.8. The molecule has 0 saturated heterocycles. The summed E-state index contributed by atoms with van der Waals surface area (Å²) in [5, 5.41) is 3.10. The van der Waals surface area contributed by atoms with Gasteiger partial charge in [-0.3, -0.25) is 4.79 Å². The lowest BCUT2D eigenvalue weighted by atomic mass is 9.85. The molecule has 1 fully saturated rings. The molecule has 1 heterocycles. The molecule has 2 aromatic carbocycles. The Balaban J connectivity index is 1.34. The first-order valence-electron chi connectivity index (χ1n) is 10.8. The number of furan rings is 1. The van der Waals surface area contributed by atoms with Gasteiger partial charge in [-0.2, -0.15) is 0 Å². The molecule has 1 aliphatic carbocycles. The SMILES string of the molecule is C[C@@H](CCCc1ccoc1)NC(=O)C=C[C@H]1CC1(c1ccccc1)c1ccccc1. The van der Waals surface area contributed by atoms with Crippen molar-refractivity contribution < 1.29 is 9.21 Å². The molecular formula is C27H29NO2. The van der Waals surface area contributed by atoms with Crippen molar-refractivity contribution in [1.82, 2.24) is 5.32 Å². The maximum absolute atomic E-state index is 12.4. The second kappa shape index (κ2) is 9.17. The maximum atomic E-state index is 12.4. The highest BCUT2D eigenvalue weighted by Crippen LogP contribution is 2.59. The number of nitrogens with one attached hydrogen (secondary N) is 1. The third kappa shape index (κ3) is 4.56. The highest BCUT2D eigenvalue weighted by Gasteiger charge is 2.54. The van der Waals surface area contributed by atoms with E-state index in [0.29, 0.717) is 5.92 Å². The van der Waals surface area contributed by atoms with Crippen molar-refractivity contribution in [2.45, 2.75) is 44.1 Å². The molecule has 3 aromatic rings. The Bertz CT molecular complexity index is 921. The van der Waals surface area contributed by atoms with Crippen LogP contribution >= 0.6 is 0 Å². The van der Waals surface area contributed by atoms with Gasteiger partial charge in [0.15, 0.2) is 0 Å². The van der Waals surface area contributed by atoms with Crippen molar-refractivity contribution >= 4 is 5.91 Å². The zero-order chi connectivity index (χ0) is 20.8. The van der Waals surface area contributed by atoms with Gasteiger partial charge in [-0.05, 0) is 67.4 Å². The molecular weight excluding hydrogens is 370 g/mol. The molecule has 1 aliphatic rings. The fourth-order valence-electron chi connectivity index (χ4n) is 4.44. The van der Waals surface area contributed by atoms with Crippen LogP contribution in [0.5, 0.6) is 0 Å².